The zero-order valence-electron chi connectivity index (χ0n) is 8.87. The molecule has 4 heteroatoms. The van der Waals surface area contributed by atoms with Gasteiger partial charge in [0.15, 0.2) is 5.96 Å². The van der Waals surface area contributed by atoms with E-state index in [2.05, 4.69) is 42.5 Å². The van der Waals surface area contributed by atoms with Gasteiger partial charge in [-0.3, -0.25) is 0 Å². The molecule has 0 spiro atoms. The average molecular weight is 211 g/mol. The molecule has 0 saturated heterocycles. The molecule has 0 atom stereocenters. The van der Waals surface area contributed by atoms with E-state index in [1.54, 1.807) is 11.3 Å². The van der Waals surface area contributed by atoms with Gasteiger partial charge in [0.05, 0.1) is 6.54 Å². The van der Waals surface area contributed by atoms with Gasteiger partial charge >= 0.3 is 0 Å². The predicted octanol–water partition coefficient (Wildman–Crippen LogP) is 1.95. The van der Waals surface area contributed by atoms with Gasteiger partial charge in [-0.15, -0.1) is 0 Å². The van der Waals surface area contributed by atoms with Crippen LogP contribution in [0, 0.1) is 0 Å². The Bertz CT molecular complexity index is 296. The summed E-state index contributed by atoms with van der Waals surface area (Å²) < 4.78 is 0. The first-order chi connectivity index (χ1) is 6.47. The number of rotatable bonds is 2. The van der Waals surface area contributed by atoms with Gasteiger partial charge in [0, 0.05) is 5.54 Å². The third kappa shape index (κ3) is 4.28. The third-order valence-electron chi connectivity index (χ3n) is 1.52. The standard InChI is InChI=1S/C10H17N3S/c1-10(2,3)13-9(11)12-6-8-4-5-14-7-8/h4-5,7H,6H2,1-3H3,(H3,11,12,13). The van der Waals surface area contributed by atoms with E-state index in [1.807, 2.05) is 5.38 Å². The maximum atomic E-state index is 5.72. The second-order valence-electron chi connectivity index (χ2n) is 4.21. The summed E-state index contributed by atoms with van der Waals surface area (Å²) in [6, 6.07) is 2.05. The SMILES string of the molecule is CC(C)(C)NC(N)=NCc1ccsc1. The number of guanidine groups is 1. The summed E-state index contributed by atoms with van der Waals surface area (Å²) in [6.45, 7) is 6.82. The molecule has 0 aromatic carbocycles. The van der Waals surface area contributed by atoms with Gasteiger partial charge in [-0.05, 0) is 43.2 Å². The van der Waals surface area contributed by atoms with Gasteiger partial charge in [0.2, 0.25) is 0 Å². The van der Waals surface area contributed by atoms with E-state index >= 15 is 0 Å². The summed E-state index contributed by atoms with van der Waals surface area (Å²) in [6.07, 6.45) is 0. The highest BCUT2D eigenvalue weighted by molar-refractivity contribution is 7.07. The maximum Gasteiger partial charge on any atom is 0.189 e. The van der Waals surface area contributed by atoms with E-state index in [0.29, 0.717) is 12.5 Å². The molecular weight excluding hydrogens is 194 g/mol. The first-order valence-electron chi connectivity index (χ1n) is 4.56. The Kier molecular flexibility index (Phi) is 3.52. The molecule has 0 aliphatic heterocycles. The van der Waals surface area contributed by atoms with Gasteiger partial charge < -0.3 is 11.1 Å². The summed E-state index contributed by atoms with van der Waals surface area (Å²) >= 11 is 1.67. The molecule has 0 saturated carbocycles. The zero-order chi connectivity index (χ0) is 10.6. The molecule has 3 N–H and O–H groups in total. The van der Waals surface area contributed by atoms with E-state index in [1.165, 1.54) is 5.56 Å². The highest BCUT2D eigenvalue weighted by atomic mass is 32.1. The summed E-state index contributed by atoms with van der Waals surface area (Å²) in [5.41, 5.74) is 6.90. The Balaban J connectivity index is 2.45. The van der Waals surface area contributed by atoms with Crippen LogP contribution in [0.4, 0.5) is 0 Å². The lowest BCUT2D eigenvalue weighted by atomic mass is 10.1. The van der Waals surface area contributed by atoms with Crippen molar-refractivity contribution in [3.05, 3.63) is 22.4 Å². The van der Waals surface area contributed by atoms with Crippen molar-refractivity contribution in [2.75, 3.05) is 0 Å². The van der Waals surface area contributed by atoms with E-state index in [4.69, 9.17) is 5.73 Å². The number of nitrogens with two attached hydrogens (primary N) is 1. The zero-order valence-corrected chi connectivity index (χ0v) is 9.69. The minimum Gasteiger partial charge on any atom is -0.370 e. The van der Waals surface area contributed by atoms with E-state index in [0.717, 1.165) is 0 Å². The van der Waals surface area contributed by atoms with Gasteiger partial charge in [-0.1, -0.05) is 0 Å². The fourth-order valence-electron chi connectivity index (χ4n) is 0.983. The van der Waals surface area contributed by atoms with Crippen LogP contribution in [0.5, 0.6) is 0 Å². The lowest BCUT2D eigenvalue weighted by Gasteiger charge is -2.20. The van der Waals surface area contributed by atoms with Gasteiger partial charge in [0.1, 0.15) is 0 Å². The van der Waals surface area contributed by atoms with Crippen molar-refractivity contribution in [3.63, 3.8) is 0 Å². The quantitative estimate of drug-likeness (QED) is 0.580. The molecule has 0 bridgehead atoms. The smallest absolute Gasteiger partial charge is 0.189 e. The Morgan fingerprint density at radius 3 is 2.79 bits per heavy atom. The monoisotopic (exact) mass is 211 g/mol. The summed E-state index contributed by atoms with van der Waals surface area (Å²) in [7, 11) is 0. The summed E-state index contributed by atoms with van der Waals surface area (Å²) in [4.78, 5) is 4.24. The van der Waals surface area contributed by atoms with Gasteiger partial charge in [-0.25, -0.2) is 4.99 Å². The second-order valence-corrected chi connectivity index (χ2v) is 4.99. The molecule has 3 nitrogen and oxygen atoms in total. The summed E-state index contributed by atoms with van der Waals surface area (Å²) in [5, 5.41) is 7.23. The number of aliphatic imine (C=N–C) groups is 1. The molecule has 0 fully saturated rings. The highest BCUT2D eigenvalue weighted by Gasteiger charge is 2.09. The summed E-state index contributed by atoms with van der Waals surface area (Å²) in [5.74, 6) is 0.503. The lowest BCUT2D eigenvalue weighted by molar-refractivity contribution is 0.508. The number of nitrogens with one attached hydrogen (secondary N) is 1. The first kappa shape index (κ1) is 11.0. The topological polar surface area (TPSA) is 50.4 Å². The van der Waals surface area contributed by atoms with E-state index < -0.39 is 0 Å². The van der Waals surface area contributed by atoms with Crippen LogP contribution in [0.1, 0.15) is 26.3 Å². The fraction of sp³-hybridized carbons (Fsp3) is 0.500. The Labute approximate surface area is 89.0 Å². The lowest BCUT2D eigenvalue weighted by Crippen LogP contribution is -2.44. The Morgan fingerprint density at radius 2 is 2.29 bits per heavy atom. The molecule has 0 radical (unpaired) electrons. The van der Waals surface area contributed by atoms with Crippen LogP contribution in [0.3, 0.4) is 0 Å². The third-order valence-corrected chi connectivity index (χ3v) is 2.25. The highest BCUT2D eigenvalue weighted by Crippen LogP contribution is 2.06. The van der Waals surface area contributed by atoms with Crippen molar-refractivity contribution < 1.29 is 0 Å². The molecule has 0 aliphatic rings. The van der Waals surface area contributed by atoms with Crippen LogP contribution in [-0.2, 0) is 6.54 Å². The van der Waals surface area contributed by atoms with Gasteiger partial charge in [-0.2, -0.15) is 11.3 Å². The van der Waals surface area contributed by atoms with E-state index in [-0.39, 0.29) is 5.54 Å². The van der Waals surface area contributed by atoms with Crippen LogP contribution in [0.15, 0.2) is 21.8 Å². The van der Waals surface area contributed by atoms with Crippen LogP contribution < -0.4 is 11.1 Å². The molecule has 0 unspecified atom stereocenters. The maximum absolute atomic E-state index is 5.72. The Morgan fingerprint density at radius 1 is 1.57 bits per heavy atom. The van der Waals surface area contributed by atoms with Crippen molar-refractivity contribution in [3.8, 4) is 0 Å². The average Bonchev–Trinajstić information content (AvgIpc) is 2.49. The van der Waals surface area contributed by atoms with Crippen molar-refractivity contribution in [1.29, 1.82) is 0 Å². The number of thiophene rings is 1. The molecule has 1 rings (SSSR count). The van der Waals surface area contributed by atoms with Crippen LogP contribution >= 0.6 is 11.3 Å². The molecule has 1 heterocycles. The molecular formula is C10H17N3S. The van der Waals surface area contributed by atoms with Gasteiger partial charge in [0.25, 0.3) is 0 Å². The Hall–Kier alpha value is -1.03. The molecule has 0 amide bonds. The van der Waals surface area contributed by atoms with Crippen molar-refractivity contribution >= 4 is 17.3 Å². The molecule has 78 valence electrons. The molecule has 1 aromatic rings. The number of hydrogen-bond donors (Lipinski definition) is 2. The number of hydrogen-bond acceptors (Lipinski definition) is 2. The second kappa shape index (κ2) is 4.46. The van der Waals surface area contributed by atoms with Crippen molar-refractivity contribution in [1.82, 2.24) is 5.32 Å². The van der Waals surface area contributed by atoms with Crippen LogP contribution in [0.25, 0.3) is 0 Å². The largest absolute Gasteiger partial charge is 0.370 e. The van der Waals surface area contributed by atoms with E-state index in [9.17, 15) is 0 Å². The molecule has 14 heavy (non-hydrogen) atoms. The number of nitrogens with zero attached hydrogens (tertiary/aromatic N) is 1. The molecule has 1 aromatic heterocycles. The normalized spacial score (nSPS) is 12.9. The first-order valence-corrected chi connectivity index (χ1v) is 5.51. The van der Waals surface area contributed by atoms with Crippen molar-refractivity contribution in [2.45, 2.75) is 32.9 Å². The fourth-order valence-corrected chi connectivity index (χ4v) is 1.64. The minimum absolute atomic E-state index is 0.0256. The van der Waals surface area contributed by atoms with Crippen LogP contribution in [-0.4, -0.2) is 11.5 Å². The minimum atomic E-state index is -0.0256. The van der Waals surface area contributed by atoms with Crippen LogP contribution in [0.2, 0.25) is 0 Å². The molecule has 0 aliphatic carbocycles. The predicted molar refractivity (Wildman–Crippen MR) is 62.5 cm³/mol. The van der Waals surface area contributed by atoms with Crippen molar-refractivity contribution in [2.24, 2.45) is 10.7 Å².